The predicted octanol–water partition coefficient (Wildman–Crippen LogP) is 0.391. The number of unbranched alkanes of at least 4 members (excludes halogenated alkanes) is 3. The summed E-state index contributed by atoms with van der Waals surface area (Å²) >= 11 is 0. The van der Waals surface area contributed by atoms with Crippen LogP contribution in [-0.2, 0) is 0 Å². The van der Waals surface area contributed by atoms with Crippen molar-refractivity contribution in [2.24, 2.45) is 0 Å². The second-order valence-electron chi connectivity index (χ2n) is 2.93. The van der Waals surface area contributed by atoms with Crippen LogP contribution < -0.4 is 24.0 Å². The van der Waals surface area contributed by atoms with Gasteiger partial charge in [0.15, 0.2) is 0 Å². The van der Waals surface area contributed by atoms with E-state index in [0.29, 0.717) is 0 Å². The van der Waals surface area contributed by atoms with Gasteiger partial charge in [0.2, 0.25) is 0 Å². The Hall–Kier alpha value is 1.16. The molecule has 0 aliphatic rings. The van der Waals surface area contributed by atoms with E-state index >= 15 is 0 Å². The van der Waals surface area contributed by atoms with E-state index in [4.69, 9.17) is 0 Å². The molecule has 0 aromatic carbocycles. The molecule has 0 spiro atoms. The lowest BCUT2D eigenvalue weighted by Gasteiger charge is -1.93. The number of hydrogen-bond acceptors (Lipinski definition) is 0. The smallest absolute Gasteiger partial charge is 0.0549 e. The zero-order valence-electron chi connectivity index (χ0n) is 7.91. The maximum absolute atomic E-state index is 2.29. The molecule has 0 radical (unpaired) electrons. The van der Waals surface area contributed by atoms with Crippen LogP contribution in [0.2, 0.25) is 0 Å². The van der Waals surface area contributed by atoms with Crippen LogP contribution in [-0.4, -0.2) is 12.3 Å². The molecule has 0 amide bonds. The third-order valence-corrected chi connectivity index (χ3v) is 3.56. The van der Waals surface area contributed by atoms with Crippen LogP contribution in [0.4, 0.5) is 0 Å². The fourth-order valence-electron chi connectivity index (χ4n) is 1.06. The monoisotopic (exact) mass is 288 g/mol. The van der Waals surface area contributed by atoms with Crippen molar-refractivity contribution in [2.75, 3.05) is 12.3 Å². The molecule has 0 aromatic heterocycles. The second-order valence-corrected chi connectivity index (χ2v) is 4.66. The topological polar surface area (TPSA) is 0 Å². The van der Waals surface area contributed by atoms with Crippen molar-refractivity contribution in [3.05, 3.63) is 0 Å². The van der Waals surface area contributed by atoms with Gasteiger partial charge in [-0.3, -0.25) is 0 Å². The van der Waals surface area contributed by atoms with Crippen LogP contribution in [0.5, 0.6) is 0 Å². The molecule has 0 saturated heterocycles. The first-order valence-electron chi connectivity index (χ1n) is 4.73. The maximum Gasteiger partial charge on any atom is 0.0549 e. The van der Waals surface area contributed by atoms with Gasteiger partial charge in [-0.25, -0.2) is 0 Å². The molecule has 2 heteroatoms. The van der Waals surface area contributed by atoms with Crippen LogP contribution in [0.3, 0.4) is 0 Å². The minimum Gasteiger partial charge on any atom is -1.00 e. The second kappa shape index (κ2) is 13.7. The highest BCUT2D eigenvalue weighted by Crippen LogP contribution is 2.14. The van der Waals surface area contributed by atoms with Crippen molar-refractivity contribution in [2.45, 2.75) is 46.0 Å². The lowest BCUT2D eigenvalue weighted by molar-refractivity contribution is -0.00000227. The van der Waals surface area contributed by atoms with Gasteiger partial charge < -0.3 is 24.0 Å². The van der Waals surface area contributed by atoms with Gasteiger partial charge in [0.1, 0.15) is 0 Å². The van der Waals surface area contributed by atoms with Gasteiger partial charge in [0.25, 0.3) is 0 Å². The fraction of sp³-hybridized carbons (Fsp3) is 1.00. The summed E-state index contributed by atoms with van der Waals surface area (Å²) in [6.45, 7) is 4.57. The summed E-state index contributed by atoms with van der Waals surface area (Å²) in [5.74, 6) is 0. The molecule has 0 aliphatic heterocycles. The molecule has 0 N–H and O–H groups in total. The van der Waals surface area contributed by atoms with E-state index in [0.717, 1.165) is 8.58 Å². The largest absolute Gasteiger partial charge is 1.00 e. The van der Waals surface area contributed by atoms with E-state index in [9.17, 15) is 0 Å². The van der Waals surface area contributed by atoms with E-state index in [1.807, 2.05) is 0 Å². The Morgan fingerprint density at radius 2 is 1.55 bits per heavy atom. The first kappa shape index (κ1) is 14.7. The van der Waals surface area contributed by atoms with E-state index in [2.05, 4.69) is 13.8 Å². The lowest BCUT2D eigenvalue weighted by atomic mass is 10.2. The highest BCUT2D eigenvalue weighted by Gasteiger charge is 1.92. The summed E-state index contributed by atoms with van der Waals surface area (Å²) in [7, 11) is 0.813. The van der Waals surface area contributed by atoms with E-state index in [1.165, 1.54) is 38.3 Å². The average molecular weight is 288 g/mol. The van der Waals surface area contributed by atoms with Crippen LogP contribution in [0.1, 0.15) is 46.0 Å². The highest BCUT2D eigenvalue weighted by molar-refractivity contribution is 7.37. The molecule has 70 valence electrons. The zero-order valence-corrected chi connectivity index (χ0v) is 11.2. The normalized spacial score (nSPS) is 10.4. The highest BCUT2D eigenvalue weighted by atomic mass is 127. The molecule has 0 heterocycles. The molecule has 0 nitrogen and oxygen atoms in total. The molecule has 11 heavy (non-hydrogen) atoms. The minimum atomic E-state index is 0. The first-order chi connectivity index (χ1) is 4.91. The summed E-state index contributed by atoms with van der Waals surface area (Å²) in [6.07, 6.45) is 10.3. The predicted molar refractivity (Wildman–Crippen MR) is 53.9 cm³/mol. The summed E-state index contributed by atoms with van der Waals surface area (Å²) in [5, 5.41) is 0. The van der Waals surface area contributed by atoms with Crippen LogP contribution in [0.25, 0.3) is 0 Å². The van der Waals surface area contributed by atoms with Gasteiger partial charge in [0.05, 0.1) is 12.3 Å². The fourth-order valence-corrected chi connectivity index (χ4v) is 2.34. The molecule has 0 saturated carbocycles. The lowest BCUT2D eigenvalue weighted by Crippen LogP contribution is -3.00. The summed E-state index contributed by atoms with van der Waals surface area (Å²) in [6, 6.07) is 0. The Balaban J connectivity index is 0. The van der Waals surface area contributed by atoms with Gasteiger partial charge in [-0.15, -0.1) is 0 Å². The summed E-state index contributed by atoms with van der Waals surface area (Å²) in [5.41, 5.74) is 0. The Labute approximate surface area is 90.7 Å². The molecular weight excluding hydrogens is 266 g/mol. The maximum atomic E-state index is 2.29. The SMILES string of the molecule is CCCCCC[PH2+]CCC.[I-]. The molecule has 0 aliphatic carbocycles. The molecule has 1 atom stereocenters. The summed E-state index contributed by atoms with van der Waals surface area (Å²) in [4.78, 5) is 0. The molecule has 0 bridgehead atoms. The van der Waals surface area contributed by atoms with Crippen LogP contribution in [0.15, 0.2) is 0 Å². The van der Waals surface area contributed by atoms with Crippen molar-refractivity contribution < 1.29 is 24.0 Å². The molecule has 0 rings (SSSR count). The number of halogens is 1. The van der Waals surface area contributed by atoms with Crippen molar-refractivity contribution in [3.8, 4) is 0 Å². The average Bonchev–Trinajstić information content (AvgIpc) is 1.97. The number of rotatable bonds is 7. The Kier molecular flexibility index (Phi) is 18.3. The van der Waals surface area contributed by atoms with Crippen molar-refractivity contribution in [1.29, 1.82) is 0 Å². The van der Waals surface area contributed by atoms with Gasteiger partial charge in [-0.05, 0) is 27.8 Å². The molecule has 0 fully saturated rings. The van der Waals surface area contributed by atoms with E-state index in [1.54, 1.807) is 6.16 Å². The Morgan fingerprint density at radius 1 is 0.818 bits per heavy atom. The zero-order chi connectivity index (χ0) is 7.66. The van der Waals surface area contributed by atoms with Crippen LogP contribution in [0, 0.1) is 0 Å². The van der Waals surface area contributed by atoms with Crippen molar-refractivity contribution in [1.82, 2.24) is 0 Å². The molecule has 0 aromatic rings. The van der Waals surface area contributed by atoms with E-state index in [-0.39, 0.29) is 24.0 Å². The summed E-state index contributed by atoms with van der Waals surface area (Å²) < 4.78 is 0. The number of hydrogen-bond donors (Lipinski definition) is 0. The molecule has 1 unspecified atom stereocenters. The van der Waals surface area contributed by atoms with Crippen LogP contribution >= 0.6 is 8.58 Å². The standard InChI is InChI=1S/C9H21P.HI/c1-3-5-6-7-9-10-8-4-2;/h10H,3-9H2,1-2H3;1H. The molecular formula is C9H22IP. The van der Waals surface area contributed by atoms with E-state index < -0.39 is 0 Å². The minimum absolute atomic E-state index is 0. The third-order valence-electron chi connectivity index (χ3n) is 1.75. The quantitative estimate of drug-likeness (QED) is 0.361. The van der Waals surface area contributed by atoms with Gasteiger partial charge in [-0.2, -0.15) is 0 Å². The Morgan fingerprint density at radius 3 is 2.09 bits per heavy atom. The Bertz CT molecular complexity index is 49.5. The van der Waals surface area contributed by atoms with Crippen molar-refractivity contribution in [3.63, 3.8) is 0 Å². The first-order valence-corrected chi connectivity index (χ1v) is 6.36. The third kappa shape index (κ3) is 14.1. The van der Waals surface area contributed by atoms with Gasteiger partial charge in [0, 0.05) is 0 Å². The van der Waals surface area contributed by atoms with Crippen molar-refractivity contribution >= 4 is 8.58 Å². The van der Waals surface area contributed by atoms with Gasteiger partial charge >= 0.3 is 0 Å². The van der Waals surface area contributed by atoms with Gasteiger partial charge in [-0.1, -0.05) is 26.7 Å².